The van der Waals surface area contributed by atoms with Crippen LogP contribution in [0.4, 0.5) is 17.6 Å². The lowest BCUT2D eigenvalue weighted by atomic mass is 10.1. The molecule has 2 rings (SSSR count). The first-order valence-corrected chi connectivity index (χ1v) is 10.1. The largest absolute Gasteiger partial charge is 0.483 e. The summed E-state index contributed by atoms with van der Waals surface area (Å²) in [6, 6.07) is 6.91. The topological polar surface area (TPSA) is 41.6 Å². The van der Waals surface area contributed by atoms with Crippen LogP contribution in [0.25, 0.3) is 0 Å². The molecule has 0 heterocycles. The van der Waals surface area contributed by atoms with Crippen LogP contribution in [0.2, 0.25) is 0 Å². The van der Waals surface area contributed by atoms with E-state index in [0.29, 0.717) is 29.8 Å². The number of carbonyl (C=O) groups is 1. The molecule has 0 saturated carbocycles. The maximum Gasteiger partial charge on any atom is 0.251 e. The van der Waals surface area contributed by atoms with E-state index < -0.39 is 29.0 Å². The molecule has 170 valence electrons. The van der Waals surface area contributed by atoms with Crippen LogP contribution in [0.3, 0.4) is 0 Å². The van der Waals surface area contributed by atoms with Gasteiger partial charge in [0.25, 0.3) is 5.91 Å². The van der Waals surface area contributed by atoms with Crippen molar-refractivity contribution in [3.63, 3.8) is 0 Å². The van der Waals surface area contributed by atoms with Gasteiger partial charge in [0.15, 0.2) is 17.4 Å². The first-order chi connectivity index (χ1) is 14.5. The summed E-state index contributed by atoms with van der Waals surface area (Å²) in [5.74, 6) is -7.64. The summed E-state index contributed by atoms with van der Waals surface area (Å²) < 4.78 is 58.8. The lowest BCUT2D eigenvalue weighted by Gasteiger charge is -2.33. The SMILES string of the molecule is CC(CN(C(C)C)C(C)C)NC(=O)c1ccc(COc2c(F)c(F)cc(F)c2F)cc1. The minimum Gasteiger partial charge on any atom is -0.483 e. The molecule has 0 fully saturated rings. The number of halogens is 4. The van der Waals surface area contributed by atoms with Gasteiger partial charge in [0.2, 0.25) is 11.6 Å². The zero-order valence-electron chi connectivity index (χ0n) is 18.3. The molecular weight excluding hydrogens is 412 g/mol. The Labute approximate surface area is 180 Å². The number of benzene rings is 2. The number of hydrogen-bond acceptors (Lipinski definition) is 3. The van der Waals surface area contributed by atoms with E-state index in [9.17, 15) is 22.4 Å². The van der Waals surface area contributed by atoms with Crippen molar-refractivity contribution in [1.82, 2.24) is 10.2 Å². The van der Waals surface area contributed by atoms with E-state index >= 15 is 0 Å². The van der Waals surface area contributed by atoms with E-state index in [1.165, 1.54) is 0 Å². The van der Waals surface area contributed by atoms with E-state index in [4.69, 9.17) is 4.74 Å². The van der Waals surface area contributed by atoms with E-state index in [2.05, 4.69) is 37.9 Å². The van der Waals surface area contributed by atoms with Gasteiger partial charge in [0.1, 0.15) is 6.61 Å². The van der Waals surface area contributed by atoms with Crippen molar-refractivity contribution < 1.29 is 27.1 Å². The summed E-state index contributed by atoms with van der Waals surface area (Å²) >= 11 is 0. The van der Waals surface area contributed by atoms with Crippen molar-refractivity contribution in [1.29, 1.82) is 0 Å². The summed E-state index contributed by atoms with van der Waals surface area (Å²) in [6.07, 6.45) is 0. The maximum atomic E-state index is 13.7. The van der Waals surface area contributed by atoms with Crippen LogP contribution >= 0.6 is 0 Å². The molecule has 1 N–H and O–H groups in total. The molecule has 4 nitrogen and oxygen atoms in total. The monoisotopic (exact) mass is 440 g/mol. The number of carbonyl (C=O) groups excluding carboxylic acids is 1. The molecule has 2 aromatic carbocycles. The zero-order chi connectivity index (χ0) is 23.3. The molecule has 1 amide bonds. The van der Waals surface area contributed by atoms with E-state index in [0.717, 1.165) is 0 Å². The Morgan fingerprint density at radius 1 is 0.935 bits per heavy atom. The summed E-state index contributed by atoms with van der Waals surface area (Å²) in [7, 11) is 0. The molecular formula is C23H28F4N2O2. The maximum absolute atomic E-state index is 13.7. The second kappa shape index (κ2) is 10.6. The molecule has 0 aliphatic carbocycles. The Balaban J connectivity index is 1.98. The Kier molecular flexibility index (Phi) is 8.44. The van der Waals surface area contributed by atoms with Gasteiger partial charge in [-0.25, -0.2) is 8.78 Å². The lowest BCUT2D eigenvalue weighted by molar-refractivity contribution is 0.0911. The first kappa shape index (κ1) is 24.7. The van der Waals surface area contributed by atoms with Crippen molar-refractivity contribution in [2.24, 2.45) is 0 Å². The van der Waals surface area contributed by atoms with Gasteiger partial charge in [-0.1, -0.05) is 12.1 Å². The fourth-order valence-corrected chi connectivity index (χ4v) is 3.27. The van der Waals surface area contributed by atoms with Gasteiger partial charge < -0.3 is 10.1 Å². The minimum absolute atomic E-state index is 0.0749. The molecule has 0 radical (unpaired) electrons. The number of hydrogen-bond donors (Lipinski definition) is 1. The van der Waals surface area contributed by atoms with Gasteiger partial charge in [-0.3, -0.25) is 9.69 Å². The Morgan fingerprint density at radius 3 is 1.94 bits per heavy atom. The molecule has 0 aromatic heterocycles. The van der Waals surface area contributed by atoms with Crippen LogP contribution in [0.5, 0.6) is 5.75 Å². The summed E-state index contributed by atoms with van der Waals surface area (Å²) in [5, 5.41) is 2.95. The highest BCUT2D eigenvalue weighted by atomic mass is 19.2. The van der Waals surface area contributed by atoms with Crippen LogP contribution in [0.1, 0.15) is 50.5 Å². The van der Waals surface area contributed by atoms with Gasteiger partial charge in [0, 0.05) is 36.3 Å². The Morgan fingerprint density at radius 2 is 1.45 bits per heavy atom. The average Bonchev–Trinajstić information content (AvgIpc) is 2.70. The first-order valence-electron chi connectivity index (χ1n) is 10.1. The number of ether oxygens (including phenoxy) is 1. The van der Waals surface area contributed by atoms with Gasteiger partial charge >= 0.3 is 0 Å². The van der Waals surface area contributed by atoms with Crippen LogP contribution < -0.4 is 10.1 Å². The number of nitrogens with one attached hydrogen (secondary N) is 1. The van der Waals surface area contributed by atoms with Gasteiger partial charge in [-0.15, -0.1) is 0 Å². The van der Waals surface area contributed by atoms with Crippen molar-refractivity contribution in [2.45, 2.75) is 59.4 Å². The van der Waals surface area contributed by atoms with E-state index in [1.807, 2.05) is 6.92 Å². The van der Waals surface area contributed by atoms with Crippen LogP contribution in [-0.2, 0) is 6.61 Å². The second-order valence-corrected chi connectivity index (χ2v) is 8.04. The molecule has 1 unspecified atom stereocenters. The predicted molar refractivity (Wildman–Crippen MR) is 111 cm³/mol. The molecule has 0 bridgehead atoms. The Hall–Kier alpha value is -2.61. The van der Waals surface area contributed by atoms with Crippen LogP contribution in [0, 0.1) is 23.3 Å². The summed E-state index contributed by atoms with van der Waals surface area (Å²) in [5.41, 5.74) is 0.879. The predicted octanol–water partition coefficient (Wildman–Crippen LogP) is 5.06. The minimum atomic E-state index is -1.60. The standard InChI is InChI=1S/C23H28F4N2O2/c1-13(2)29(14(3)4)11-15(5)28-23(30)17-8-6-16(7-9-17)12-31-22-20(26)18(24)10-19(25)21(22)27/h6-10,13-15H,11-12H2,1-5H3,(H,28,30). The third-order valence-electron chi connectivity index (χ3n) is 4.86. The molecule has 1 atom stereocenters. The highest BCUT2D eigenvalue weighted by Crippen LogP contribution is 2.27. The third kappa shape index (κ3) is 6.43. The van der Waals surface area contributed by atoms with Crippen molar-refractivity contribution >= 4 is 5.91 Å². The van der Waals surface area contributed by atoms with Gasteiger partial charge in [-0.2, -0.15) is 8.78 Å². The number of rotatable bonds is 9. The number of amides is 1. The fourth-order valence-electron chi connectivity index (χ4n) is 3.27. The molecule has 0 aliphatic heterocycles. The van der Waals surface area contributed by atoms with E-state index in [1.54, 1.807) is 24.3 Å². The summed E-state index contributed by atoms with van der Waals surface area (Å²) in [4.78, 5) is 14.8. The van der Waals surface area contributed by atoms with Gasteiger partial charge in [-0.05, 0) is 52.3 Å². The highest BCUT2D eigenvalue weighted by molar-refractivity contribution is 5.94. The average molecular weight is 440 g/mol. The third-order valence-corrected chi connectivity index (χ3v) is 4.86. The smallest absolute Gasteiger partial charge is 0.251 e. The molecule has 0 aliphatic rings. The lowest BCUT2D eigenvalue weighted by Crippen LogP contribution is -2.47. The second-order valence-electron chi connectivity index (χ2n) is 8.04. The zero-order valence-corrected chi connectivity index (χ0v) is 18.3. The Bertz CT molecular complexity index is 867. The highest BCUT2D eigenvalue weighted by Gasteiger charge is 2.21. The summed E-state index contributed by atoms with van der Waals surface area (Å²) in [6.45, 7) is 10.7. The fraction of sp³-hybridized carbons (Fsp3) is 0.435. The van der Waals surface area contributed by atoms with Crippen molar-refractivity contribution in [3.05, 3.63) is 64.7 Å². The van der Waals surface area contributed by atoms with Crippen LogP contribution in [-0.4, -0.2) is 35.5 Å². The number of nitrogens with zero attached hydrogens (tertiary/aromatic N) is 1. The van der Waals surface area contributed by atoms with E-state index in [-0.39, 0.29) is 24.6 Å². The van der Waals surface area contributed by atoms with Crippen molar-refractivity contribution in [3.8, 4) is 5.75 Å². The molecule has 8 heteroatoms. The molecule has 0 saturated heterocycles. The normalized spacial score (nSPS) is 12.5. The van der Waals surface area contributed by atoms with Crippen LogP contribution in [0.15, 0.2) is 30.3 Å². The van der Waals surface area contributed by atoms with Crippen molar-refractivity contribution in [2.75, 3.05) is 6.54 Å². The molecule has 0 spiro atoms. The molecule has 2 aromatic rings. The quantitative estimate of drug-likeness (QED) is 0.438. The van der Waals surface area contributed by atoms with Gasteiger partial charge in [0.05, 0.1) is 0 Å². The molecule has 31 heavy (non-hydrogen) atoms.